The maximum atomic E-state index is 5.97. The van der Waals surface area contributed by atoms with Crippen molar-refractivity contribution in [3.8, 4) is 0 Å². The Hall–Kier alpha value is -0.730. The van der Waals surface area contributed by atoms with Gasteiger partial charge in [-0.25, -0.2) is 4.98 Å². The first-order chi connectivity index (χ1) is 6.20. The van der Waals surface area contributed by atoms with Gasteiger partial charge < -0.3 is 4.98 Å². The molecule has 2 nitrogen and oxygen atoms in total. The number of benzene rings is 1. The summed E-state index contributed by atoms with van der Waals surface area (Å²) in [4.78, 5) is 7.40. The summed E-state index contributed by atoms with van der Waals surface area (Å²) in [6, 6.07) is 3.77. The van der Waals surface area contributed by atoms with E-state index in [9.17, 15) is 0 Å². The lowest BCUT2D eigenvalue weighted by Crippen LogP contribution is -1.80. The zero-order chi connectivity index (χ0) is 9.42. The first kappa shape index (κ1) is 8.85. The second-order valence-corrected chi connectivity index (χ2v) is 3.59. The molecule has 0 saturated carbocycles. The first-order valence-electron chi connectivity index (χ1n) is 3.91. The fourth-order valence-corrected chi connectivity index (χ4v) is 1.82. The van der Waals surface area contributed by atoms with Gasteiger partial charge in [-0.05, 0) is 24.6 Å². The van der Waals surface area contributed by atoms with Gasteiger partial charge in [0, 0.05) is 10.9 Å². The number of H-pyrrole nitrogens is 1. The van der Waals surface area contributed by atoms with Gasteiger partial charge >= 0.3 is 0 Å². The Labute approximate surface area is 85.9 Å². The molecule has 2 aromatic rings. The lowest BCUT2D eigenvalue weighted by molar-refractivity contribution is 1.17. The Balaban J connectivity index is 2.72. The summed E-state index contributed by atoms with van der Waals surface area (Å²) in [6.07, 6.45) is 0. The van der Waals surface area contributed by atoms with Gasteiger partial charge in [-0.15, -0.1) is 11.6 Å². The number of hydrogen-bond acceptors (Lipinski definition) is 1. The van der Waals surface area contributed by atoms with E-state index in [1.54, 1.807) is 0 Å². The number of imidazole rings is 1. The number of aromatic nitrogens is 2. The number of hydrogen-bond donors (Lipinski definition) is 1. The molecule has 4 heteroatoms. The molecule has 0 bridgehead atoms. The Kier molecular flexibility index (Phi) is 2.18. The van der Waals surface area contributed by atoms with Crippen LogP contribution in [0.3, 0.4) is 0 Å². The number of aromatic amines is 1. The Morgan fingerprint density at radius 2 is 2.23 bits per heavy atom. The average Bonchev–Trinajstić information content (AvgIpc) is 2.42. The van der Waals surface area contributed by atoms with Gasteiger partial charge in [0.05, 0.1) is 11.0 Å². The van der Waals surface area contributed by atoms with E-state index in [4.69, 9.17) is 23.2 Å². The predicted octanol–water partition coefficient (Wildman–Crippen LogP) is 3.26. The number of nitrogens with zero attached hydrogens (tertiary/aromatic N) is 1. The maximum absolute atomic E-state index is 5.97. The number of nitrogens with one attached hydrogen (secondary N) is 1. The van der Waals surface area contributed by atoms with Crippen molar-refractivity contribution in [2.24, 2.45) is 0 Å². The minimum atomic E-state index is 0.423. The van der Waals surface area contributed by atoms with Crippen molar-refractivity contribution in [2.45, 2.75) is 12.8 Å². The van der Waals surface area contributed by atoms with Gasteiger partial charge in [-0.3, -0.25) is 0 Å². The van der Waals surface area contributed by atoms with Crippen LogP contribution in [0.2, 0.25) is 5.02 Å². The minimum absolute atomic E-state index is 0.423. The Bertz CT molecular complexity index is 448. The summed E-state index contributed by atoms with van der Waals surface area (Å²) >= 11 is 11.7. The molecule has 0 saturated heterocycles. The Morgan fingerprint density at radius 1 is 1.46 bits per heavy atom. The molecule has 0 aliphatic rings. The van der Waals surface area contributed by atoms with Crippen LogP contribution in [0.15, 0.2) is 12.1 Å². The van der Waals surface area contributed by atoms with Gasteiger partial charge in [0.2, 0.25) is 0 Å². The van der Waals surface area contributed by atoms with Crippen LogP contribution in [0.4, 0.5) is 0 Å². The van der Waals surface area contributed by atoms with Gasteiger partial charge in [0.1, 0.15) is 5.82 Å². The van der Waals surface area contributed by atoms with Crippen molar-refractivity contribution in [1.29, 1.82) is 0 Å². The van der Waals surface area contributed by atoms with Gasteiger partial charge in [0.25, 0.3) is 0 Å². The maximum Gasteiger partial charge on any atom is 0.104 e. The van der Waals surface area contributed by atoms with Gasteiger partial charge in [0.15, 0.2) is 0 Å². The molecule has 1 aromatic carbocycles. The zero-order valence-corrected chi connectivity index (χ0v) is 8.58. The van der Waals surface area contributed by atoms with E-state index < -0.39 is 0 Å². The van der Waals surface area contributed by atoms with Crippen LogP contribution in [0.1, 0.15) is 11.4 Å². The topological polar surface area (TPSA) is 28.7 Å². The van der Waals surface area contributed by atoms with Crippen molar-refractivity contribution in [1.82, 2.24) is 9.97 Å². The summed E-state index contributed by atoms with van der Waals surface area (Å²) in [5.41, 5.74) is 2.80. The number of halogens is 2. The summed E-state index contributed by atoms with van der Waals surface area (Å²) in [5.74, 6) is 1.31. The van der Waals surface area contributed by atoms with Crippen molar-refractivity contribution in [3.05, 3.63) is 28.5 Å². The second-order valence-electron chi connectivity index (χ2n) is 2.92. The van der Waals surface area contributed by atoms with Gasteiger partial charge in [-0.1, -0.05) is 11.6 Å². The molecule has 1 N–H and O–H groups in total. The lowest BCUT2D eigenvalue weighted by atomic mass is 10.2. The van der Waals surface area contributed by atoms with Gasteiger partial charge in [-0.2, -0.15) is 0 Å². The van der Waals surface area contributed by atoms with Crippen LogP contribution in [0.5, 0.6) is 0 Å². The molecule has 0 unspecified atom stereocenters. The van der Waals surface area contributed by atoms with Crippen molar-refractivity contribution >= 4 is 34.2 Å². The molecule has 1 heterocycles. The third kappa shape index (κ3) is 1.52. The Morgan fingerprint density at radius 3 is 2.92 bits per heavy atom. The highest BCUT2D eigenvalue weighted by molar-refractivity contribution is 6.33. The second kappa shape index (κ2) is 3.20. The molecular formula is C9H8Cl2N2. The molecule has 13 heavy (non-hydrogen) atoms. The van der Waals surface area contributed by atoms with Crippen LogP contribution >= 0.6 is 23.2 Å². The van der Waals surface area contributed by atoms with Crippen molar-refractivity contribution in [2.75, 3.05) is 0 Å². The highest BCUT2D eigenvalue weighted by Crippen LogP contribution is 2.23. The van der Waals surface area contributed by atoms with Crippen LogP contribution in [-0.4, -0.2) is 9.97 Å². The molecule has 1 aromatic heterocycles. The molecule has 0 amide bonds. The standard InChI is InChI=1S/C9H8Cl2N2/c1-5-12-8-2-6(4-10)7(11)3-9(8)13-5/h2-3H,4H2,1H3,(H,12,13). The largest absolute Gasteiger partial charge is 0.342 e. The quantitative estimate of drug-likeness (QED) is 0.726. The fourth-order valence-electron chi connectivity index (χ4n) is 1.31. The van der Waals surface area contributed by atoms with Crippen LogP contribution in [-0.2, 0) is 5.88 Å². The molecule has 0 radical (unpaired) electrons. The van der Waals surface area contributed by atoms with Crippen LogP contribution in [0.25, 0.3) is 11.0 Å². The summed E-state index contributed by atoms with van der Waals surface area (Å²) in [7, 11) is 0. The van der Waals surface area contributed by atoms with E-state index in [-0.39, 0.29) is 0 Å². The highest BCUT2D eigenvalue weighted by Gasteiger charge is 2.04. The summed E-state index contributed by atoms with van der Waals surface area (Å²) in [6.45, 7) is 1.91. The zero-order valence-electron chi connectivity index (χ0n) is 7.06. The fraction of sp³-hybridized carbons (Fsp3) is 0.222. The number of fused-ring (bicyclic) bond motifs is 1. The van der Waals surface area contributed by atoms with E-state index in [1.807, 2.05) is 19.1 Å². The highest BCUT2D eigenvalue weighted by atomic mass is 35.5. The molecule has 0 fully saturated rings. The molecule has 2 rings (SSSR count). The van der Waals surface area contributed by atoms with Crippen LogP contribution in [0, 0.1) is 6.92 Å². The van der Waals surface area contributed by atoms with Crippen LogP contribution < -0.4 is 0 Å². The normalized spacial score (nSPS) is 11.0. The van der Waals surface area contributed by atoms with E-state index in [0.717, 1.165) is 22.4 Å². The number of alkyl halides is 1. The molecule has 0 atom stereocenters. The number of aryl methyl sites for hydroxylation is 1. The van der Waals surface area contributed by atoms with Crippen molar-refractivity contribution < 1.29 is 0 Å². The molecule has 0 spiro atoms. The monoisotopic (exact) mass is 214 g/mol. The SMILES string of the molecule is Cc1nc2cc(Cl)c(CCl)cc2[nH]1. The predicted molar refractivity (Wildman–Crippen MR) is 55.4 cm³/mol. The summed E-state index contributed by atoms with van der Waals surface area (Å²) in [5, 5.41) is 0.675. The molecule has 0 aliphatic heterocycles. The lowest BCUT2D eigenvalue weighted by Gasteiger charge is -1.98. The van der Waals surface area contributed by atoms with Crippen molar-refractivity contribution in [3.63, 3.8) is 0 Å². The third-order valence-corrected chi connectivity index (χ3v) is 2.55. The average molecular weight is 215 g/mol. The van der Waals surface area contributed by atoms with E-state index >= 15 is 0 Å². The van der Waals surface area contributed by atoms with E-state index in [2.05, 4.69) is 9.97 Å². The molecule has 0 aliphatic carbocycles. The summed E-state index contributed by atoms with van der Waals surface area (Å²) < 4.78 is 0. The third-order valence-electron chi connectivity index (χ3n) is 1.91. The molecular weight excluding hydrogens is 207 g/mol. The minimum Gasteiger partial charge on any atom is -0.342 e. The molecule has 68 valence electrons. The smallest absolute Gasteiger partial charge is 0.104 e. The van der Waals surface area contributed by atoms with E-state index in [0.29, 0.717) is 10.9 Å². The van der Waals surface area contributed by atoms with E-state index in [1.165, 1.54) is 0 Å². The first-order valence-corrected chi connectivity index (χ1v) is 4.82. The number of rotatable bonds is 1.